The molecule has 0 bridgehead atoms. The molecular weight excluding hydrogens is 453 g/mol. The standard InChI is InChI=1S/C17H26ClN5O.HI/c1-19-17(20-9-7-16(24)22(2)3)21-14-8-10-23(12-14)15-6-4-5-13(18)11-15;/h4-6,11,14H,7-10,12H2,1-3H3,(H2,19,20,21);1H. The van der Waals surface area contributed by atoms with Crippen LogP contribution in [-0.4, -0.2) is 63.6 Å². The summed E-state index contributed by atoms with van der Waals surface area (Å²) in [5, 5.41) is 7.38. The molecule has 0 radical (unpaired) electrons. The van der Waals surface area contributed by atoms with Gasteiger partial charge in [0, 0.05) is 63.9 Å². The minimum atomic E-state index is 0. The molecule has 2 rings (SSSR count). The van der Waals surface area contributed by atoms with Gasteiger partial charge in [-0.25, -0.2) is 0 Å². The molecular formula is C17H27ClIN5O. The van der Waals surface area contributed by atoms with Crippen LogP contribution in [0.2, 0.25) is 5.02 Å². The Morgan fingerprint density at radius 2 is 2.20 bits per heavy atom. The molecule has 140 valence electrons. The molecule has 0 aliphatic carbocycles. The van der Waals surface area contributed by atoms with Crippen LogP contribution < -0.4 is 15.5 Å². The monoisotopic (exact) mass is 479 g/mol. The van der Waals surface area contributed by atoms with Crippen molar-refractivity contribution >= 4 is 53.1 Å². The van der Waals surface area contributed by atoms with E-state index in [2.05, 4.69) is 26.6 Å². The molecule has 1 heterocycles. The number of rotatable bonds is 5. The van der Waals surface area contributed by atoms with Gasteiger partial charge in [-0.2, -0.15) is 0 Å². The number of hydrogen-bond acceptors (Lipinski definition) is 3. The highest BCUT2D eigenvalue weighted by Crippen LogP contribution is 2.23. The second-order valence-electron chi connectivity index (χ2n) is 6.09. The van der Waals surface area contributed by atoms with E-state index in [1.165, 1.54) is 0 Å². The number of benzene rings is 1. The van der Waals surface area contributed by atoms with Gasteiger partial charge in [-0.05, 0) is 24.6 Å². The topological polar surface area (TPSA) is 60.0 Å². The average Bonchev–Trinajstić information content (AvgIpc) is 3.02. The van der Waals surface area contributed by atoms with Crippen LogP contribution in [0.1, 0.15) is 12.8 Å². The first-order chi connectivity index (χ1) is 11.5. The van der Waals surface area contributed by atoms with E-state index in [4.69, 9.17) is 11.6 Å². The number of carbonyl (C=O) groups excluding carboxylic acids is 1. The number of aliphatic imine (C=N–C) groups is 1. The number of anilines is 1. The van der Waals surface area contributed by atoms with E-state index < -0.39 is 0 Å². The van der Waals surface area contributed by atoms with E-state index >= 15 is 0 Å². The zero-order valence-electron chi connectivity index (χ0n) is 15.0. The number of nitrogens with zero attached hydrogens (tertiary/aromatic N) is 3. The maximum atomic E-state index is 11.6. The Labute approximate surface area is 172 Å². The number of halogens is 2. The van der Waals surface area contributed by atoms with E-state index in [9.17, 15) is 4.79 Å². The van der Waals surface area contributed by atoms with Crippen molar-refractivity contribution in [3.8, 4) is 0 Å². The van der Waals surface area contributed by atoms with Crippen molar-refractivity contribution in [2.75, 3.05) is 45.7 Å². The lowest BCUT2D eigenvalue weighted by molar-refractivity contribution is -0.128. The summed E-state index contributed by atoms with van der Waals surface area (Å²) < 4.78 is 0. The van der Waals surface area contributed by atoms with Gasteiger partial charge in [-0.1, -0.05) is 17.7 Å². The van der Waals surface area contributed by atoms with Crippen LogP contribution in [0.4, 0.5) is 5.69 Å². The summed E-state index contributed by atoms with van der Waals surface area (Å²) in [5.74, 6) is 0.838. The predicted octanol–water partition coefficient (Wildman–Crippen LogP) is 2.18. The molecule has 0 spiro atoms. The van der Waals surface area contributed by atoms with Gasteiger partial charge < -0.3 is 20.4 Å². The van der Waals surface area contributed by atoms with Crippen LogP contribution in [0, 0.1) is 0 Å². The van der Waals surface area contributed by atoms with Crippen molar-refractivity contribution in [3.05, 3.63) is 29.3 Å². The quantitative estimate of drug-likeness (QED) is 0.386. The molecule has 8 heteroatoms. The van der Waals surface area contributed by atoms with Crippen LogP contribution in [0.25, 0.3) is 0 Å². The fourth-order valence-electron chi connectivity index (χ4n) is 2.68. The Morgan fingerprint density at radius 1 is 1.44 bits per heavy atom. The zero-order chi connectivity index (χ0) is 17.5. The third-order valence-corrected chi connectivity index (χ3v) is 4.29. The van der Waals surface area contributed by atoms with E-state index in [0.717, 1.165) is 36.2 Å². The summed E-state index contributed by atoms with van der Waals surface area (Å²) in [6.45, 7) is 2.45. The third kappa shape index (κ3) is 6.89. The summed E-state index contributed by atoms with van der Waals surface area (Å²) >= 11 is 6.07. The molecule has 1 atom stereocenters. The van der Waals surface area contributed by atoms with Crippen LogP contribution in [-0.2, 0) is 4.79 Å². The normalized spacial score (nSPS) is 17.0. The first-order valence-corrected chi connectivity index (χ1v) is 8.55. The van der Waals surface area contributed by atoms with Gasteiger partial charge in [0.25, 0.3) is 0 Å². The Balaban J connectivity index is 0.00000312. The van der Waals surface area contributed by atoms with Gasteiger partial charge in [0.1, 0.15) is 0 Å². The average molecular weight is 480 g/mol. The van der Waals surface area contributed by atoms with Crippen molar-refractivity contribution < 1.29 is 4.79 Å². The minimum absolute atomic E-state index is 0. The highest BCUT2D eigenvalue weighted by atomic mass is 127. The van der Waals surface area contributed by atoms with Crippen molar-refractivity contribution in [2.45, 2.75) is 18.9 Å². The number of guanidine groups is 1. The lowest BCUT2D eigenvalue weighted by atomic mass is 10.2. The van der Waals surface area contributed by atoms with Crippen molar-refractivity contribution in [2.24, 2.45) is 4.99 Å². The zero-order valence-corrected chi connectivity index (χ0v) is 18.0. The van der Waals surface area contributed by atoms with Gasteiger partial charge >= 0.3 is 0 Å². The van der Waals surface area contributed by atoms with Gasteiger partial charge in [-0.15, -0.1) is 24.0 Å². The third-order valence-electron chi connectivity index (χ3n) is 4.06. The van der Waals surface area contributed by atoms with Gasteiger partial charge in [0.2, 0.25) is 5.91 Å². The SMILES string of the molecule is CN=C(NCCC(=O)N(C)C)NC1CCN(c2cccc(Cl)c2)C1.I. The molecule has 1 aromatic carbocycles. The number of carbonyl (C=O) groups is 1. The van der Waals surface area contributed by atoms with Crippen LogP contribution in [0.3, 0.4) is 0 Å². The van der Waals surface area contributed by atoms with Crippen LogP contribution >= 0.6 is 35.6 Å². The first-order valence-electron chi connectivity index (χ1n) is 8.17. The molecule has 1 saturated heterocycles. The summed E-state index contributed by atoms with van der Waals surface area (Å²) in [5.41, 5.74) is 1.14. The molecule has 25 heavy (non-hydrogen) atoms. The number of amides is 1. The molecule has 1 aliphatic rings. The summed E-state index contributed by atoms with van der Waals surface area (Å²) in [6, 6.07) is 8.25. The maximum absolute atomic E-state index is 11.6. The Bertz CT molecular complexity index is 596. The minimum Gasteiger partial charge on any atom is -0.369 e. The molecule has 1 aliphatic heterocycles. The smallest absolute Gasteiger partial charge is 0.223 e. The molecule has 0 saturated carbocycles. The number of hydrogen-bond donors (Lipinski definition) is 2. The Kier molecular flexibility index (Phi) is 9.34. The lowest BCUT2D eigenvalue weighted by Gasteiger charge is -2.20. The van der Waals surface area contributed by atoms with E-state index in [-0.39, 0.29) is 29.9 Å². The molecule has 2 N–H and O–H groups in total. The number of nitrogens with one attached hydrogen (secondary N) is 2. The van der Waals surface area contributed by atoms with Gasteiger partial charge in [0.05, 0.1) is 0 Å². The second-order valence-corrected chi connectivity index (χ2v) is 6.53. The molecule has 1 aromatic rings. The first kappa shape index (κ1) is 21.8. The summed E-state index contributed by atoms with van der Waals surface area (Å²) in [4.78, 5) is 19.7. The molecule has 6 nitrogen and oxygen atoms in total. The van der Waals surface area contributed by atoms with E-state index in [1.807, 2.05) is 18.2 Å². The summed E-state index contributed by atoms with van der Waals surface area (Å²) in [6.07, 6.45) is 1.48. The molecule has 1 fully saturated rings. The van der Waals surface area contributed by atoms with Crippen LogP contribution in [0.5, 0.6) is 0 Å². The van der Waals surface area contributed by atoms with Crippen molar-refractivity contribution in [1.29, 1.82) is 0 Å². The van der Waals surface area contributed by atoms with E-state index in [0.29, 0.717) is 19.0 Å². The largest absolute Gasteiger partial charge is 0.369 e. The molecule has 0 aromatic heterocycles. The summed E-state index contributed by atoms with van der Waals surface area (Å²) in [7, 11) is 5.27. The van der Waals surface area contributed by atoms with Crippen LogP contribution in [0.15, 0.2) is 29.3 Å². The maximum Gasteiger partial charge on any atom is 0.223 e. The van der Waals surface area contributed by atoms with Crippen molar-refractivity contribution in [3.63, 3.8) is 0 Å². The highest BCUT2D eigenvalue weighted by molar-refractivity contribution is 14.0. The van der Waals surface area contributed by atoms with E-state index in [1.54, 1.807) is 26.0 Å². The second kappa shape index (κ2) is 10.7. The predicted molar refractivity (Wildman–Crippen MR) is 115 cm³/mol. The molecule has 1 unspecified atom stereocenters. The van der Waals surface area contributed by atoms with Gasteiger partial charge in [-0.3, -0.25) is 9.79 Å². The Hall–Kier alpha value is -1.22. The lowest BCUT2D eigenvalue weighted by Crippen LogP contribution is -2.45. The van der Waals surface area contributed by atoms with Crippen molar-refractivity contribution in [1.82, 2.24) is 15.5 Å². The Morgan fingerprint density at radius 3 is 2.84 bits per heavy atom. The fourth-order valence-corrected chi connectivity index (χ4v) is 2.87. The van der Waals surface area contributed by atoms with Gasteiger partial charge in [0.15, 0.2) is 5.96 Å². The molecule has 1 amide bonds. The highest BCUT2D eigenvalue weighted by Gasteiger charge is 2.23. The fraction of sp³-hybridized carbons (Fsp3) is 0.529.